The summed E-state index contributed by atoms with van der Waals surface area (Å²) in [4.78, 5) is 39.2. The SMILES string of the molecule is COc1cccc(CCc2ccc(F)c(-n3c(=O)[nH]c4csc(C(=O)O)c4c3=O)c2)c1. The fraction of sp³-hybridized carbons (Fsp3) is 0.136. The number of ether oxygens (including phenoxy) is 1. The topological polar surface area (TPSA) is 101 Å². The van der Waals surface area contributed by atoms with Gasteiger partial charge in [0.15, 0.2) is 0 Å². The van der Waals surface area contributed by atoms with E-state index in [0.717, 1.165) is 28.2 Å². The molecule has 4 rings (SSSR count). The first-order chi connectivity index (χ1) is 14.9. The van der Waals surface area contributed by atoms with E-state index in [-0.39, 0.29) is 21.5 Å². The Kier molecular flexibility index (Phi) is 5.43. The van der Waals surface area contributed by atoms with Crippen LogP contribution in [0.25, 0.3) is 16.6 Å². The van der Waals surface area contributed by atoms with Gasteiger partial charge in [0, 0.05) is 5.38 Å². The van der Waals surface area contributed by atoms with Gasteiger partial charge in [0.2, 0.25) is 0 Å². The quantitative estimate of drug-likeness (QED) is 0.479. The van der Waals surface area contributed by atoms with E-state index in [9.17, 15) is 23.9 Å². The lowest BCUT2D eigenvalue weighted by Gasteiger charge is -2.10. The van der Waals surface area contributed by atoms with Crippen molar-refractivity contribution in [3.8, 4) is 11.4 Å². The highest BCUT2D eigenvalue weighted by atomic mass is 32.1. The Bertz CT molecular complexity index is 1420. The number of carboxylic acid groups (broad SMARTS) is 1. The number of nitrogens with one attached hydrogen (secondary N) is 1. The number of halogens is 1. The molecular weight excluding hydrogens is 423 g/mol. The summed E-state index contributed by atoms with van der Waals surface area (Å²) in [5.41, 5.74) is -0.0835. The molecule has 7 nitrogen and oxygen atoms in total. The lowest BCUT2D eigenvalue weighted by Crippen LogP contribution is -2.34. The minimum atomic E-state index is -1.29. The van der Waals surface area contributed by atoms with Gasteiger partial charge in [-0.2, -0.15) is 0 Å². The van der Waals surface area contributed by atoms with Crippen LogP contribution >= 0.6 is 11.3 Å². The maximum atomic E-state index is 14.6. The summed E-state index contributed by atoms with van der Waals surface area (Å²) < 4.78 is 20.5. The highest BCUT2D eigenvalue weighted by molar-refractivity contribution is 7.13. The van der Waals surface area contributed by atoms with Gasteiger partial charge in [-0.1, -0.05) is 18.2 Å². The van der Waals surface area contributed by atoms with Crippen molar-refractivity contribution in [2.24, 2.45) is 0 Å². The van der Waals surface area contributed by atoms with Gasteiger partial charge in [-0.25, -0.2) is 18.5 Å². The Hall–Kier alpha value is -3.72. The standard InChI is InChI=1S/C22H17FN2O5S/c1-30-14-4-2-3-12(9-14)5-6-13-7-8-15(23)17(10-13)25-20(26)18-16(24-22(25)29)11-31-19(18)21(27)28/h2-4,7-11H,5-6H2,1H3,(H,24,29)(H,27,28). The molecule has 2 N–H and O–H groups in total. The van der Waals surface area contributed by atoms with Gasteiger partial charge < -0.3 is 14.8 Å². The molecule has 0 saturated heterocycles. The number of aromatic amines is 1. The maximum absolute atomic E-state index is 14.6. The van der Waals surface area contributed by atoms with Crippen LogP contribution in [0.1, 0.15) is 20.8 Å². The molecule has 0 radical (unpaired) electrons. The van der Waals surface area contributed by atoms with Crippen LogP contribution in [0.2, 0.25) is 0 Å². The summed E-state index contributed by atoms with van der Waals surface area (Å²) >= 11 is 0.827. The summed E-state index contributed by atoms with van der Waals surface area (Å²) in [6.45, 7) is 0. The van der Waals surface area contributed by atoms with Crippen LogP contribution in [-0.4, -0.2) is 27.7 Å². The van der Waals surface area contributed by atoms with E-state index >= 15 is 0 Å². The van der Waals surface area contributed by atoms with E-state index in [2.05, 4.69) is 4.98 Å². The van der Waals surface area contributed by atoms with Gasteiger partial charge in [0.25, 0.3) is 5.56 Å². The zero-order valence-corrected chi connectivity index (χ0v) is 17.2. The first-order valence-electron chi connectivity index (χ1n) is 9.30. The van der Waals surface area contributed by atoms with Gasteiger partial charge in [-0.3, -0.25) is 4.79 Å². The third kappa shape index (κ3) is 3.87. The second-order valence-corrected chi connectivity index (χ2v) is 7.75. The van der Waals surface area contributed by atoms with Crippen LogP contribution in [0.15, 0.2) is 57.4 Å². The molecule has 0 saturated carbocycles. The van der Waals surface area contributed by atoms with E-state index in [4.69, 9.17) is 4.74 Å². The number of methoxy groups -OCH3 is 1. The van der Waals surface area contributed by atoms with Crippen molar-refractivity contribution in [1.29, 1.82) is 0 Å². The predicted octanol–water partition coefficient (Wildman–Crippen LogP) is 3.37. The Morgan fingerprint density at radius 1 is 1.16 bits per heavy atom. The molecule has 0 bridgehead atoms. The molecular formula is C22H17FN2O5S. The number of rotatable bonds is 6. The van der Waals surface area contributed by atoms with Gasteiger partial charge in [0.1, 0.15) is 16.4 Å². The molecule has 31 heavy (non-hydrogen) atoms. The second kappa shape index (κ2) is 8.19. The number of nitrogens with zero attached hydrogens (tertiary/aromatic N) is 1. The van der Waals surface area contributed by atoms with Crippen LogP contribution in [-0.2, 0) is 12.8 Å². The molecule has 0 aliphatic heterocycles. The van der Waals surface area contributed by atoms with Crippen molar-refractivity contribution in [3.05, 3.63) is 90.5 Å². The van der Waals surface area contributed by atoms with Crippen LogP contribution < -0.4 is 16.0 Å². The molecule has 0 aliphatic carbocycles. The van der Waals surface area contributed by atoms with Gasteiger partial charge >= 0.3 is 11.7 Å². The molecule has 9 heteroatoms. The number of carbonyl (C=O) groups is 1. The monoisotopic (exact) mass is 440 g/mol. The van der Waals surface area contributed by atoms with Crippen molar-refractivity contribution in [1.82, 2.24) is 9.55 Å². The third-order valence-electron chi connectivity index (χ3n) is 4.93. The molecule has 0 fully saturated rings. The zero-order valence-electron chi connectivity index (χ0n) is 16.3. The Labute approximate surface area is 179 Å². The molecule has 4 aromatic rings. The number of aromatic carboxylic acids is 1. The number of hydrogen-bond acceptors (Lipinski definition) is 5. The molecule has 0 atom stereocenters. The van der Waals surface area contributed by atoms with E-state index in [1.807, 2.05) is 24.3 Å². The summed E-state index contributed by atoms with van der Waals surface area (Å²) in [5.74, 6) is -1.32. The molecule has 0 aliphatic rings. The molecule has 158 valence electrons. The first-order valence-corrected chi connectivity index (χ1v) is 10.2. The molecule has 0 amide bonds. The number of aryl methyl sites for hydroxylation is 2. The number of hydrogen-bond donors (Lipinski definition) is 2. The van der Waals surface area contributed by atoms with Crippen molar-refractivity contribution in [3.63, 3.8) is 0 Å². The number of aromatic nitrogens is 2. The first kappa shape index (κ1) is 20.5. The largest absolute Gasteiger partial charge is 0.497 e. The van der Waals surface area contributed by atoms with Gasteiger partial charge in [-0.15, -0.1) is 11.3 Å². The van der Waals surface area contributed by atoms with E-state index in [0.29, 0.717) is 17.4 Å². The normalized spacial score (nSPS) is 11.0. The number of H-pyrrole nitrogens is 1. The smallest absolute Gasteiger partial charge is 0.346 e. The number of benzene rings is 2. The fourth-order valence-electron chi connectivity index (χ4n) is 3.42. The summed E-state index contributed by atoms with van der Waals surface area (Å²) in [5, 5.41) is 10.6. The molecule has 2 aromatic heterocycles. The van der Waals surface area contributed by atoms with Crippen LogP contribution in [0.5, 0.6) is 5.75 Å². The van der Waals surface area contributed by atoms with Crippen LogP contribution in [0.3, 0.4) is 0 Å². The second-order valence-electron chi connectivity index (χ2n) is 6.87. The van der Waals surface area contributed by atoms with Crippen molar-refractivity contribution in [2.45, 2.75) is 12.8 Å². The fourth-order valence-corrected chi connectivity index (χ4v) is 4.24. The molecule has 0 unspecified atom stereocenters. The lowest BCUT2D eigenvalue weighted by molar-refractivity contribution is 0.0704. The van der Waals surface area contributed by atoms with Gasteiger partial charge in [0.05, 0.1) is 23.7 Å². The van der Waals surface area contributed by atoms with E-state index in [1.54, 1.807) is 13.2 Å². The predicted molar refractivity (Wildman–Crippen MR) is 115 cm³/mol. The number of fused-ring (bicyclic) bond motifs is 1. The van der Waals surface area contributed by atoms with Crippen molar-refractivity contribution < 1.29 is 19.0 Å². The number of carboxylic acids is 1. The van der Waals surface area contributed by atoms with Crippen LogP contribution in [0, 0.1) is 5.82 Å². The van der Waals surface area contributed by atoms with Crippen LogP contribution in [0.4, 0.5) is 4.39 Å². The highest BCUT2D eigenvalue weighted by Gasteiger charge is 2.20. The van der Waals surface area contributed by atoms with E-state index in [1.165, 1.54) is 17.5 Å². The summed E-state index contributed by atoms with van der Waals surface area (Å²) in [7, 11) is 1.58. The maximum Gasteiger partial charge on any atom is 0.346 e. The average molecular weight is 440 g/mol. The minimum Gasteiger partial charge on any atom is -0.497 e. The molecule has 2 aromatic carbocycles. The average Bonchev–Trinajstić information content (AvgIpc) is 3.18. The summed E-state index contributed by atoms with van der Waals surface area (Å²) in [6, 6.07) is 11.8. The molecule has 2 heterocycles. The Morgan fingerprint density at radius 3 is 2.61 bits per heavy atom. The third-order valence-corrected chi connectivity index (χ3v) is 5.90. The Balaban J connectivity index is 1.76. The summed E-state index contributed by atoms with van der Waals surface area (Å²) in [6.07, 6.45) is 1.18. The zero-order chi connectivity index (χ0) is 22.1. The molecule has 0 spiro atoms. The van der Waals surface area contributed by atoms with E-state index < -0.39 is 23.0 Å². The highest BCUT2D eigenvalue weighted by Crippen LogP contribution is 2.22. The lowest BCUT2D eigenvalue weighted by atomic mass is 10.0. The minimum absolute atomic E-state index is 0.114. The van der Waals surface area contributed by atoms with Crippen molar-refractivity contribution >= 4 is 28.2 Å². The number of thiophene rings is 1. The van der Waals surface area contributed by atoms with Gasteiger partial charge in [-0.05, 0) is 48.2 Å². The van der Waals surface area contributed by atoms with Crippen molar-refractivity contribution in [2.75, 3.05) is 7.11 Å². The Morgan fingerprint density at radius 2 is 1.90 bits per heavy atom.